The minimum Gasteiger partial charge on any atom is -0.494 e. The fraction of sp³-hybridized carbons (Fsp3) is 0.474. The van der Waals surface area contributed by atoms with E-state index in [1.54, 1.807) is 0 Å². The highest BCUT2D eigenvalue weighted by molar-refractivity contribution is 8.00. The van der Waals surface area contributed by atoms with Crippen molar-refractivity contribution in [3.05, 3.63) is 45.7 Å². The molecule has 1 amide bonds. The van der Waals surface area contributed by atoms with Gasteiger partial charge in [0.1, 0.15) is 11.6 Å². The van der Waals surface area contributed by atoms with Crippen LogP contribution in [0, 0.1) is 0 Å². The van der Waals surface area contributed by atoms with E-state index in [1.165, 1.54) is 11.8 Å². The van der Waals surface area contributed by atoms with Crippen molar-refractivity contribution in [2.45, 2.75) is 44.9 Å². The van der Waals surface area contributed by atoms with Crippen molar-refractivity contribution < 1.29 is 9.53 Å². The van der Waals surface area contributed by atoms with Crippen LogP contribution in [0.2, 0.25) is 0 Å². The second-order valence-corrected chi connectivity index (χ2v) is 7.38. The van der Waals surface area contributed by atoms with E-state index < -0.39 is 0 Å². The third kappa shape index (κ3) is 3.53. The average Bonchev–Trinajstić information content (AvgIpc) is 2.84. The van der Waals surface area contributed by atoms with Gasteiger partial charge in [0.2, 0.25) is 5.91 Å². The molecule has 0 unspecified atom stereocenters. The van der Waals surface area contributed by atoms with Gasteiger partial charge in [0.25, 0.3) is 5.56 Å². The Kier molecular flexibility index (Phi) is 5.76. The van der Waals surface area contributed by atoms with Gasteiger partial charge in [0, 0.05) is 0 Å². The van der Waals surface area contributed by atoms with Crippen molar-refractivity contribution in [2.75, 3.05) is 17.7 Å². The van der Waals surface area contributed by atoms with Crippen molar-refractivity contribution in [3.63, 3.8) is 0 Å². The molecule has 0 fully saturated rings. The largest absolute Gasteiger partial charge is 0.494 e. The molecule has 1 aromatic carbocycles. The lowest BCUT2D eigenvalue weighted by Gasteiger charge is -2.18. The molecule has 3 rings (SSSR count). The number of rotatable bonds is 6. The molecule has 26 heavy (non-hydrogen) atoms. The zero-order chi connectivity index (χ0) is 18.7. The number of anilines is 1. The average molecular weight is 375 g/mol. The van der Waals surface area contributed by atoms with Crippen molar-refractivity contribution in [1.29, 1.82) is 0 Å². The SMILES string of the molecule is CCOc1ccc([C@@H]2SCC(=O)Nc3c2c(=O)[nH]n3C(CC)CC)cc1. The highest BCUT2D eigenvalue weighted by atomic mass is 32.2. The van der Waals surface area contributed by atoms with Gasteiger partial charge in [-0.2, -0.15) is 0 Å². The van der Waals surface area contributed by atoms with E-state index in [0.29, 0.717) is 23.7 Å². The summed E-state index contributed by atoms with van der Waals surface area (Å²) in [4.78, 5) is 25.0. The van der Waals surface area contributed by atoms with Crippen molar-refractivity contribution in [3.8, 4) is 5.75 Å². The Balaban J connectivity index is 2.07. The number of aromatic amines is 1. The number of hydrogen-bond acceptors (Lipinski definition) is 4. The number of hydrogen-bond donors (Lipinski definition) is 2. The predicted octanol–water partition coefficient (Wildman–Crippen LogP) is 3.71. The van der Waals surface area contributed by atoms with Crippen LogP contribution in [0.5, 0.6) is 5.75 Å². The van der Waals surface area contributed by atoms with Gasteiger partial charge in [-0.15, -0.1) is 11.8 Å². The molecule has 140 valence electrons. The summed E-state index contributed by atoms with van der Waals surface area (Å²) in [5.74, 6) is 1.64. The molecule has 7 heteroatoms. The molecular formula is C19H25N3O3S. The van der Waals surface area contributed by atoms with E-state index in [-0.39, 0.29) is 22.8 Å². The molecule has 1 atom stereocenters. The summed E-state index contributed by atoms with van der Waals surface area (Å²) in [6.45, 7) is 6.71. The van der Waals surface area contributed by atoms with Gasteiger partial charge in [-0.3, -0.25) is 19.4 Å². The number of thioether (sulfide) groups is 1. The fourth-order valence-corrected chi connectivity index (χ4v) is 4.47. The lowest BCUT2D eigenvalue weighted by Crippen LogP contribution is -2.19. The van der Waals surface area contributed by atoms with Crippen LogP contribution in [0.1, 0.15) is 56.0 Å². The van der Waals surface area contributed by atoms with Crippen LogP contribution in [0.25, 0.3) is 0 Å². The van der Waals surface area contributed by atoms with E-state index in [2.05, 4.69) is 24.3 Å². The molecule has 0 spiro atoms. The minimum atomic E-state index is -0.195. The Morgan fingerprint density at radius 3 is 2.50 bits per heavy atom. The van der Waals surface area contributed by atoms with E-state index in [1.807, 2.05) is 35.9 Å². The van der Waals surface area contributed by atoms with Crippen molar-refractivity contribution in [2.24, 2.45) is 0 Å². The summed E-state index contributed by atoms with van der Waals surface area (Å²) in [6, 6.07) is 7.90. The number of benzene rings is 1. The standard InChI is InChI=1S/C19H25N3O3S/c1-4-13(5-2)22-18-16(19(24)21-22)17(26-11-15(23)20-18)12-7-9-14(10-8-12)25-6-3/h7-10,13,17H,4-6,11H2,1-3H3,(H,20,23)(H,21,24)/t17-/m0/s1. The smallest absolute Gasteiger partial charge is 0.270 e. The molecule has 0 bridgehead atoms. The molecule has 1 aromatic heterocycles. The van der Waals surface area contributed by atoms with Crippen LogP contribution in [-0.4, -0.2) is 28.0 Å². The summed E-state index contributed by atoms with van der Waals surface area (Å²) in [7, 11) is 0. The van der Waals surface area contributed by atoms with Crippen LogP contribution in [-0.2, 0) is 4.79 Å². The second kappa shape index (κ2) is 8.03. The topological polar surface area (TPSA) is 76.1 Å². The summed E-state index contributed by atoms with van der Waals surface area (Å²) < 4.78 is 7.34. The lowest BCUT2D eigenvalue weighted by atomic mass is 10.1. The summed E-state index contributed by atoms with van der Waals surface area (Å²) in [6.07, 6.45) is 1.76. The van der Waals surface area contributed by atoms with E-state index in [0.717, 1.165) is 24.2 Å². The summed E-state index contributed by atoms with van der Waals surface area (Å²) in [5, 5.41) is 5.69. The fourth-order valence-electron chi connectivity index (χ4n) is 3.34. The Morgan fingerprint density at radius 1 is 1.19 bits per heavy atom. The zero-order valence-electron chi connectivity index (χ0n) is 15.4. The van der Waals surface area contributed by atoms with Crippen LogP contribution in [0.4, 0.5) is 5.82 Å². The summed E-state index contributed by atoms with van der Waals surface area (Å²) >= 11 is 1.48. The normalized spacial score (nSPS) is 16.9. The number of carbonyl (C=O) groups is 1. The number of fused-ring (bicyclic) bond motifs is 1. The van der Waals surface area contributed by atoms with Gasteiger partial charge in [-0.05, 0) is 37.5 Å². The van der Waals surface area contributed by atoms with Crippen LogP contribution in [0.3, 0.4) is 0 Å². The molecule has 2 heterocycles. The maximum atomic E-state index is 12.8. The number of H-pyrrole nitrogens is 1. The molecule has 2 N–H and O–H groups in total. The van der Waals surface area contributed by atoms with Gasteiger partial charge >= 0.3 is 0 Å². The Labute approximate surface area is 157 Å². The van der Waals surface area contributed by atoms with Gasteiger partial charge in [0.05, 0.1) is 29.2 Å². The second-order valence-electron chi connectivity index (χ2n) is 6.28. The minimum absolute atomic E-state index is 0.0802. The highest BCUT2D eigenvalue weighted by Crippen LogP contribution is 2.41. The summed E-state index contributed by atoms with van der Waals surface area (Å²) in [5.41, 5.74) is 1.47. The Morgan fingerprint density at radius 2 is 1.88 bits per heavy atom. The monoisotopic (exact) mass is 375 g/mol. The first-order chi connectivity index (χ1) is 12.6. The molecule has 0 radical (unpaired) electrons. The van der Waals surface area contributed by atoms with Crippen LogP contribution < -0.4 is 15.6 Å². The van der Waals surface area contributed by atoms with Crippen LogP contribution in [0.15, 0.2) is 29.1 Å². The highest BCUT2D eigenvalue weighted by Gasteiger charge is 2.31. The van der Waals surface area contributed by atoms with Gasteiger partial charge in [0.15, 0.2) is 0 Å². The number of nitrogens with zero attached hydrogens (tertiary/aromatic N) is 1. The lowest BCUT2D eigenvalue weighted by molar-refractivity contribution is -0.113. The molecule has 0 aliphatic carbocycles. The Bertz CT molecular complexity index is 822. The van der Waals surface area contributed by atoms with Gasteiger partial charge in [-0.25, -0.2) is 0 Å². The maximum absolute atomic E-state index is 12.8. The number of aromatic nitrogens is 2. The number of amides is 1. The molecule has 6 nitrogen and oxygen atoms in total. The maximum Gasteiger partial charge on any atom is 0.270 e. The van der Waals surface area contributed by atoms with Crippen molar-refractivity contribution in [1.82, 2.24) is 9.78 Å². The number of ether oxygens (including phenoxy) is 1. The third-order valence-corrected chi connectivity index (χ3v) is 5.94. The molecule has 1 aliphatic heterocycles. The van der Waals surface area contributed by atoms with Gasteiger partial charge < -0.3 is 10.1 Å². The predicted molar refractivity (Wildman–Crippen MR) is 105 cm³/mol. The quantitative estimate of drug-likeness (QED) is 0.807. The van der Waals surface area contributed by atoms with Crippen molar-refractivity contribution >= 4 is 23.5 Å². The first kappa shape index (κ1) is 18.6. The van der Waals surface area contributed by atoms with Gasteiger partial charge in [-0.1, -0.05) is 26.0 Å². The molecule has 1 aliphatic rings. The first-order valence-electron chi connectivity index (χ1n) is 9.07. The van der Waals surface area contributed by atoms with Crippen LogP contribution >= 0.6 is 11.8 Å². The number of nitrogens with one attached hydrogen (secondary N) is 2. The third-order valence-electron chi connectivity index (χ3n) is 4.67. The first-order valence-corrected chi connectivity index (χ1v) is 10.1. The molecule has 0 saturated carbocycles. The van der Waals surface area contributed by atoms with E-state index >= 15 is 0 Å². The number of carbonyl (C=O) groups excluding carboxylic acids is 1. The van der Waals surface area contributed by atoms with E-state index in [4.69, 9.17) is 4.74 Å². The molecule has 2 aromatic rings. The molecule has 0 saturated heterocycles. The van der Waals surface area contributed by atoms with E-state index in [9.17, 15) is 9.59 Å². The zero-order valence-corrected chi connectivity index (χ0v) is 16.2. The Hall–Kier alpha value is -2.15. The molecular weight excluding hydrogens is 350 g/mol.